The Morgan fingerprint density at radius 1 is 1.18 bits per heavy atom. The first-order chi connectivity index (χ1) is 13.7. The summed E-state index contributed by atoms with van der Waals surface area (Å²) in [5.74, 6) is 0.217. The average Bonchev–Trinajstić information content (AvgIpc) is 3.10. The number of esters is 1. The van der Waals surface area contributed by atoms with Crippen LogP contribution >= 0.6 is 0 Å². The Morgan fingerprint density at radius 2 is 2.00 bits per heavy atom. The molecule has 1 N–H and O–H groups in total. The fourth-order valence-electron chi connectivity index (χ4n) is 3.81. The van der Waals surface area contributed by atoms with Crippen molar-refractivity contribution in [3.05, 3.63) is 78.9 Å². The zero-order valence-corrected chi connectivity index (χ0v) is 15.1. The first-order valence-corrected chi connectivity index (χ1v) is 9.13. The molecule has 5 rings (SSSR count). The Balaban J connectivity index is 1.63. The van der Waals surface area contributed by atoms with Crippen LogP contribution in [0.5, 0.6) is 5.75 Å². The van der Waals surface area contributed by atoms with Gasteiger partial charge in [-0.05, 0) is 23.1 Å². The van der Waals surface area contributed by atoms with E-state index in [1.807, 2.05) is 54.6 Å². The Hall–Kier alpha value is -3.60. The molecule has 3 aromatic carbocycles. The van der Waals surface area contributed by atoms with Gasteiger partial charge in [0.15, 0.2) is 0 Å². The number of aliphatic imine (C=N–C) groups is 1. The summed E-state index contributed by atoms with van der Waals surface area (Å²) in [6.45, 7) is 3.48. The molecule has 1 unspecified atom stereocenters. The van der Waals surface area contributed by atoms with Crippen molar-refractivity contribution in [1.82, 2.24) is 0 Å². The van der Waals surface area contributed by atoms with Gasteiger partial charge in [-0.3, -0.25) is 0 Å². The van der Waals surface area contributed by atoms with Gasteiger partial charge in [-0.25, -0.2) is 9.79 Å². The predicted octanol–water partition coefficient (Wildman–Crippen LogP) is 4.40. The summed E-state index contributed by atoms with van der Waals surface area (Å²) in [4.78, 5) is 16.6. The van der Waals surface area contributed by atoms with E-state index in [0.29, 0.717) is 17.9 Å². The maximum Gasteiger partial charge on any atom is 0.330 e. The van der Waals surface area contributed by atoms with Crippen molar-refractivity contribution in [2.45, 2.75) is 12.1 Å². The van der Waals surface area contributed by atoms with Gasteiger partial charge >= 0.3 is 5.97 Å². The smallest absolute Gasteiger partial charge is 0.330 e. The Kier molecular flexibility index (Phi) is 3.69. The molecule has 1 atom stereocenters. The van der Waals surface area contributed by atoms with Crippen LogP contribution in [0.4, 0.5) is 11.4 Å². The van der Waals surface area contributed by atoms with E-state index in [1.54, 1.807) is 0 Å². The number of fused-ring (bicyclic) bond motifs is 4. The molecule has 28 heavy (non-hydrogen) atoms. The molecule has 0 saturated heterocycles. The first-order valence-electron chi connectivity index (χ1n) is 9.13. The number of ether oxygens (including phenoxy) is 2. The van der Waals surface area contributed by atoms with Crippen molar-refractivity contribution in [2.24, 2.45) is 4.99 Å². The molecule has 138 valence electrons. The molecule has 0 radical (unpaired) electrons. The highest BCUT2D eigenvalue weighted by Crippen LogP contribution is 2.45. The maximum atomic E-state index is 11.7. The van der Waals surface area contributed by atoms with Crippen LogP contribution in [-0.4, -0.2) is 24.0 Å². The molecule has 5 heteroatoms. The van der Waals surface area contributed by atoms with Crippen LogP contribution in [0.1, 0.15) is 5.56 Å². The van der Waals surface area contributed by atoms with Gasteiger partial charge in [0.05, 0.1) is 0 Å². The number of anilines is 1. The van der Waals surface area contributed by atoms with Gasteiger partial charge in [-0.1, -0.05) is 55.1 Å². The van der Waals surface area contributed by atoms with E-state index in [-0.39, 0.29) is 6.61 Å². The largest absolute Gasteiger partial charge is 0.460 e. The van der Waals surface area contributed by atoms with Crippen LogP contribution in [0.3, 0.4) is 0 Å². The third-order valence-electron chi connectivity index (χ3n) is 5.17. The van der Waals surface area contributed by atoms with Crippen molar-refractivity contribution >= 4 is 33.8 Å². The first kappa shape index (κ1) is 16.6. The average molecular weight is 370 g/mol. The standard InChI is InChI=1S/C23H18N2O3/c1-2-21(26)27-14-20-23(13-16-8-4-6-10-18(16)25-23)28-19-12-11-15-7-3-5-9-17(15)22(19)24-20/h2-12,25H,1,13-14H2. The molecule has 0 fully saturated rings. The van der Waals surface area contributed by atoms with E-state index >= 15 is 0 Å². The van der Waals surface area contributed by atoms with E-state index in [2.05, 4.69) is 18.0 Å². The second-order valence-electron chi connectivity index (χ2n) is 6.89. The zero-order valence-electron chi connectivity index (χ0n) is 15.1. The topological polar surface area (TPSA) is 59.9 Å². The Morgan fingerprint density at radius 3 is 2.86 bits per heavy atom. The molecular formula is C23H18N2O3. The number of hydrogen-bond donors (Lipinski definition) is 1. The lowest BCUT2D eigenvalue weighted by molar-refractivity contribution is -0.136. The summed E-state index contributed by atoms with van der Waals surface area (Å²) >= 11 is 0. The van der Waals surface area contributed by atoms with Crippen LogP contribution in [0, 0.1) is 0 Å². The molecule has 0 aromatic heterocycles. The van der Waals surface area contributed by atoms with Crippen LogP contribution in [-0.2, 0) is 16.0 Å². The predicted molar refractivity (Wildman–Crippen MR) is 109 cm³/mol. The minimum Gasteiger partial charge on any atom is -0.460 e. The second kappa shape index (κ2) is 6.23. The number of nitrogens with zero attached hydrogens (tertiary/aromatic N) is 1. The highest BCUT2D eigenvalue weighted by Gasteiger charge is 2.47. The van der Waals surface area contributed by atoms with E-state index in [1.165, 1.54) is 0 Å². The molecule has 2 aliphatic heterocycles. The van der Waals surface area contributed by atoms with Crippen LogP contribution in [0.2, 0.25) is 0 Å². The number of carbonyl (C=O) groups is 1. The van der Waals surface area contributed by atoms with Gasteiger partial charge in [-0.15, -0.1) is 0 Å². The van der Waals surface area contributed by atoms with Crippen molar-refractivity contribution in [2.75, 3.05) is 11.9 Å². The van der Waals surface area contributed by atoms with Crippen molar-refractivity contribution < 1.29 is 14.3 Å². The van der Waals surface area contributed by atoms with Gasteiger partial charge in [0.1, 0.15) is 23.8 Å². The van der Waals surface area contributed by atoms with Crippen LogP contribution in [0.25, 0.3) is 10.8 Å². The molecule has 0 bridgehead atoms. The molecule has 5 nitrogen and oxygen atoms in total. The van der Waals surface area contributed by atoms with E-state index in [9.17, 15) is 4.79 Å². The summed E-state index contributed by atoms with van der Waals surface area (Å²) in [6.07, 6.45) is 1.75. The fourth-order valence-corrected chi connectivity index (χ4v) is 3.81. The molecule has 0 aliphatic carbocycles. The molecule has 2 aliphatic rings. The number of carbonyl (C=O) groups excluding carboxylic acids is 1. The number of nitrogens with one attached hydrogen (secondary N) is 1. The molecule has 2 heterocycles. The minimum absolute atomic E-state index is 0.0223. The summed E-state index contributed by atoms with van der Waals surface area (Å²) in [5.41, 5.74) is 2.64. The summed E-state index contributed by atoms with van der Waals surface area (Å²) in [7, 11) is 0. The molecule has 0 saturated carbocycles. The van der Waals surface area contributed by atoms with Crippen molar-refractivity contribution in [3.8, 4) is 5.75 Å². The molecule has 1 spiro atoms. The number of hydrogen-bond acceptors (Lipinski definition) is 5. The normalized spacial score (nSPS) is 19.2. The third-order valence-corrected chi connectivity index (χ3v) is 5.17. The van der Waals surface area contributed by atoms with Gasteiger partial charge in [0.2, 0.25) is 5.72 Å². The summed E-state index contributed by atoms with van der Waals surface area (Å²) in [6, 6.07) is 20.0. The van der Waals surface area contributed by atoms with Crippen LogP contribution in [0.15, 0.2) is 78.3 Å². The van der Waals surface area contributed by atoms with Gasteiger partial charge in [0, 0.05) is 23.6 Å². The fraction of sp³-hybridized carbons (Fsp3) is 0.130. The Bertz CT molecular complexity index is 1120. The van der Waals surface area contributed by atoms with E-state index in [4.69, 9.17) is 14.5 Å². The lowest BCUT2D eigenvalue weighted by atomic mass is 9.99. The van der Waals surface area contributed by atoms with Crippen molar-refractivity contribution in [1.29, 1.82) is 0 Å². The van der Waals surface area contributed by atoms with Gasteiger partial charge in [0.25, 0.3) is 0 Å². The quantitative estimate of drug-likeness (QED) is 0.548. The lowest BCUT2D eigenvalue weighted by Gasteiger charge is -2.36. The molecular weight excluding hydrogens is 352 g/mol. The van der Waals surface area contributed by atoms with Gasteiger partial charge < -0.3 is 14.8 Å². The van der Waals surface area contributed by atoms with E-state index in [0.717, 1.165) is 33.8 Å². The Labute approximate surface area is 162 Å². The lowest BCUT2D eigenvalue weighted by Crippen LogP contribution is -2.53. The number of benzene rings is 3. The molecule has 0 amide bonds. The molecule has 3 aromatic rings. The highest BCUT2D eigenvalue weighted by atomic mass is 16.5. The maximum absolute atomic E-state index is 11.7. The highest BCUT2D eigenvalue weighted by molar-refractivity contribution is 6.06. The van der Waals surface area contributed by atoms with Crippen LogP contribution < -0.4 is 10.1 Å². The van der Waals surface area contributed by atoms with Gasteiger partial charge in [-0.2, -0.15) is 0 Å². The van der Waals surface area contributed by atoms with Crippen molar-refractivity contribution in [3.63, 3.8) is 0 Å². The summed E-state index contributed by atoms with van der Waals surface area (Å²) in [5, 5.41) is 5.54. The zero-order chi connectivity index (χ0) is 19.1. The monoisotopic (exact) mass is 370 g/mol. The third kappa shape index (κ3) is 2.55. The minimum atomic E-state index is -0.874. The SMILES string of the molecule is C=CC(=O)OCC1=Nc2c(ccc3ccccc23)OC12Cc1ccccc1N2. The number of para-hydroxylation sites is 1. The second-order valence-corrected chi connectivity index (χ2v) is 6.89. The number of rotatable bonds is 3. The summed E-state index contributed by atoms with van der Waals surface area (Å²) < 4.78 is 11.8. The van der Waals surface area contributed by atoms with E-state index < -0.39 is 11.7 Å².